The molecule has 0 unspecified atom stereocenters. The topological polar surface area (TPSA) is 58.8 Å². The molecule has 2 saturated heterocycles. The molecule has 2 aliphatic rings. The van der Waals surface area contributed by atoms with Crippen LogP contribution in [0.1, 0.15) is 30.0 Å². The molecule has 2 N–H and O–H groups in total. The van der Waals surface area contributed by atoms with Crippen LogP contribution in [0.4, 0.5) is 0 Å². The number of hydrogen-bond donors (Lipinski definition) is 1. The zero-order valence-corrected chi connectivity index (χ0v) is 18.7. The highest BCUT2D eigenvalue weighted by molar-refractivity contribution is 5.86. The molecule has 0 aliphatic carbocycles. The van der Waals surface area contributed by atoms with Crippen molar-refractivity contribution in [2.75, 3.05) is 39.4 Å². The van der Waals surface area contributed by atoms with Crippen molar-refractivity contribution >= 4 is 30.7 Å². The highest BCUT2D eigenvalue weighted by Gasteiger charge is 2.40. The number of amides is 1. The van der Waals surface area contributed by atoms with Gasteiger partial charge in [0, 0.05) is 39.4 Å². The molecule has 0 radical (unpaired) electrons. The van der Waals surface area contributed by atoms with E-state index in [1.165, 1.54) is 11.1 Å². The van der Waals surface area contributed by atoms with Gasteiger partial charge in [-0.15, -0.1) is 24.8 Å². The van der Waals surface area contributed by atoms with Crippen LogP contribution in [0.25, 0.3) is 0 Å². The van der Waals surface area contributed by atoms with Gasteiger partial charge in [0.25, 0.3) is 0 Å². The van der Waals surface area contributed by atoms with Crippen LogP contribution < -0.4 is 5.73 Å². The molecule has 2 aromatic rings. The highest BCUT2D eigenvalue weighted by atomic mass is 35.5. The lowest BCUT2D eigenvalue weighted by Gasteiger charge is -2.43. The van der Waals surface area contributed by atoms with Crippen molar-refractivity contribution in [2.45, 2.75) is 24.4 Å². The monoisotopic (exact) mass is 451 g/mol. The summed E-state index contributed by atoms with van der Waals surface area (Å²) in [6, 6.07) is 21.4. The third kappa shape index (κ3) is 5.34. The van der Waals surface area contributed by atoms with Crippen LogP contribution in [0.3, 0.4) is 0 Å². The second kappa shape index (κ2) is 11.1. The number of hydrogen-bond acceptors (Lipinski definition) is 4. The Morgan fingerprint density at radius 1 is 0.833 bits per heavy atom. The Morgan fingerprint density at radius 3 is 1.77 bits per heavy atom. The van der Waals surface area contributed by atoms with Gasteiger partial charge in [0.15, 0.2) is 0 Å². The Kier molecular flexibility index (Phi) is 9.13. The van der Waals surface area contributed by atoms with E-state index in [0.29, 0.717) is 26.1 Å². The minimum atomic E-state index is -0.751. The van der Waals surface area contributed by atoms with Gasteiger partial charge in [0.05, 0.1) is 11.6 Å². The summed E-state index contributed by atoms with van der Waals surface area (Å²) in [5.74, 6) is 0.0893. The molecule has 0 atom stereocenters. The van der Waals surface area contributed by atoms with E-state index >= 15 is 0 Å². The first-order valence-electron chi connectivity index (χ1n) is 10.2. The maximum absolute atomic E-state index is 13.0. The summed E-state index contributed by atoms with van der Waals surface area (Å²) in [6.45, 7) is 4.27. The molecule has 30 heavy (non-hydrogen) atoms. The van der Waals surface area contributed by atoms with E-state index in [9.17, 15) is 4.79 Å². The van der Waals surface area contributed by atoms with Crippen LogP contribution >= 0.6 is 24.8 Å². The zero-order chi connectivity index (χ0) is 19.4. The minimum absolute atomic E-state index is 0. The SMILES string of the molecule is Cl.Cl.NC1(C(=O)N2CCN(C(c3ccccc3)c3ccccc3)CC2)CCOCC1. The Morgan fingerprint density at radius 2 is 1.30 bits per heavy atom. The van der Waals surface area contributed by atoms with Crippen molar-refractivity contribution < 1.29 is 9.53 Å². The van der Waals surface area contributed by atoms with Gasteiger partial charge in [-0.1, -0.05) is 60.7 Å². The number of nitrogens with two attached hydrogens (primary N) is 1. The minimum Gasteiger partial charge on any atom is -0.381 e. The molecule has 0 saturated carbocycles. The number of carbonyl (C=O) groups is 1. The van der Waals surface area contributed by atoms with Crippen LogP contribution in [-0.2, 0) is 9.53 Å². The van der Waals surface area contributed by atoms with E-state index in [1.807, 2.05) is 4.90 Å². The lowest BCUT2D eigenvalue weighted by Crippen LogP contribution is -2.61. The van der Waals surface area contributed by atoms with E-state index in [2.05, 4.69) is 65.6 Å². The summed E-state index contributed by atoms with van der Waals surface area (Å²) >= 11 is 0. The predicted octanol–water partition coefficient (Wildman–Crippen LogP) is 3.27. The van der Waals surface area contributed by atoms with Crippen molar-refractivity contribution in [1.29, 1.82) is 0 Å². The summed E-state index contributed by atoms with van der Waals surface area (Å²) in [5.41, 5.74) is 8.24. The Balaban J connectivity index is 0.00000160. The van der Waals surface area contributed by atoms with Crippen LogP contribution in [0.5, 0.6) is 0 Å². The molecule has 7 heteroatoms. The number of ether oxygens (including phenoxy) is 1. The summed E-state index contributed by atoms with van der Waals surface area (Å²) in [7, 11) is 0. The van der Waals surface area contributed by atoms with Gasteiger partial charge in [-0.2, -0.15) is 0 Å². The Labute approximate surface area is 191 Å². The Hall–Kier alpha value is -1.63. The molecule has 2 aliphatic heterocycles. The maximum atomic E-state index is 13.0. The molecule has 0 bridgehead atoms. The van der Waals surface area contributed by atoms with Crippen LogP contribution in [0.15, 0.2) is 60.7 Å². The number of piperazine rings is 1. The average molecular weight is 452 g/mol. The van der Waals surface area contributed by atoms with E-state index in [4.69, 9.17) is 10.5 Å². The quantitative estimate of drug-likeness (QED) is 0.774. The zero-order valence-electron chi connectivity index (χ0n) is 17.1. The van der Waals surface area contributed by atoms with Gasteiger partial charge in [0.2, 0.25) is 5.91 Å². The predicted molar refractivity (Wildman–Crippen MR) is 124 cm³/mol. The van der Waals surface area contributed by atoms with E-state index in [1.54, 1.807) is 0 Å². The molecule has 0 spiro atoms. The normalized spacial score (nSPS) is 18.9. The molecule has 164 valence electrons. The second-order valence-corrected chi connectivity index (χ2v) is 7.82. The standard InChI is InChI=1S/C23H29N3O2.2ClH/c24-23(11-17-28-18-12-23)22(27)26-15-13-25(14-16-26)21(19-7-3-1-4-8-19)20-9-5-2-6-10-20;;/h1-10,21H,11-18,24H2;2*1H. The molecular formula is C23H31Cl2N3O2. The van der Waals surface area contributed by atoms with Crippen molar-refractivity contribution in [3.05, 3.63) is 71.8 Å². The van der Waals surface area contributed by atoms with Gasteiger partial charge in [-0.25, -0.2) is 0 Å². The molecule has 0 aromatic heterocycles. The van der Waals surface area contributed by atoms with Crippen LogP contribution in [0, 0.1) is 0 Å². The fourth-order valence-electron chi connectivity index (χ4n) is 4.33. The molecule has 4 rings (SSSR count). The van der Waals surface area contributed by atoms with Gasteiger partial charge >= 0.3 is 0 Å². The number of benzene rings is 2. The number of halogens is 2. The first-order valence-corrected chi connectivity index (χ1v) is 10.2. The smallest absolute Gasteiger partial charge is 0.242 e. The van der Waals surface area contributed by atoms with E-state index in [-0.39, 0.29) is 36.8 Å². The van der Waals surface area contributed by atoms with Crippen molar-refractivity contribution in [3.8, 4) is 0 Å². The summed E-state index contributed by atoms with van der Waals surface area (Å²) < 4.78 is 5.39. The maximum Gasteiger partial charge on any atom is 0.242 e. The fourth-order valence-corrected chi connectivity index (χ4v) is 4.33. The molecule has 5 nitrogen and oxygen atoms in total. The van der Waals surface area contributed by atoms with Crippen LogP contribution in [0.2, 0.25) is 0 Å². The fraction of sp³-hybridized carbons (Fsp3) is 0.435. The largest absolute Gasteiger partial charge is 0.381 e. The number of rotatable bonds is 4. The lowest BCUT2D eigenvalue weighted by atomic mass is 9.89. The summed E-state index contributed by atoms with van der Waals surface area (Å²) in [5, 5.41) is 0. The van der Waals surface area contributed by atoms with Gasteiger partial charge in [0.1, 0.15) is 0 Å². The summed E-state index contributed by atoms with van der Waals surface area (Å²) in [6.07, 6.45) is 1.23. The van der Waals surface area contributed by atoms with E-state index in [0.717, 1.165) is 26.2 Å². The van der Waals surface area contributed by atoms with Crippen LogP contribution in [-0.4, -0.2) is 60.6 Å². The Bertz CT molecular complexity index is 738. The molecule has 2 fully saturated rings. The first-order chi connectivity index (χ1) is 13.7. The van der Waals surface area contributed by atoms with Gasteiger partial charge in [-0.3, -0.25) is 9.69 Å². The second-order valence-electron chi connectivity index (χ2n) is 7.82. The number of carbonyl (C=O) groups excluding carboxylic acids is 1. The van der Waals surface area contributed by atoms with Crippen molar-refractivity contribution in [1.82, 2.24) is 9.80 Å². The third-order valence-corrected chi connectivity index (χ3v) is 6.01. The highest BCUT2D eigenvalue weighted by Crippen LogP contribution is 2.30. The van der Waals surface area contributed by atoms with Crippen molar-refractivity contribution in [3.63, 3.8) is 0 Å². The van der Waals surface area contributed by atoms with E-state index < -0.39 is 5.54 Å². The molecule has 2 aromatic carbocycles. The summed E-state index contributed by atoms with van der Waals surface area (Å²) in [4.78, 5) is 17.4. The molecular weight excluding hydrogens is 421 g/mol. The third-order valence-electron chi connectivity index (χ3n) is 6.01. The molecule has 2 heterocycles. The van der Waals surface area contributed by atoms with Gasteiger partial charge < -0.3 is 15.4 Å². The molecule has 1 amide bonds. The van der Waals surface area contributed by atoms with Gasteiger partial charge in [-0.05, 0) is 24.0 Å². The first kappa shape index (κ1) is 24.6. The lowest BCUT2D eigenvalue weighted by molar-refractivity contribution is -0.142. The number of nitrogens with zero attached hydrogens (tertiary/aromatic N) is 2. The average Bonchev–Trinajstić information content (AvgIpc) is 2.76. The van der Waals surface area contributed by atoms with Crippen molar-refractivity contribution in [2.24, 2.45) is 5.73 Å².